The number of thioether (sulfide) groups is 1. The van der Waals surface area contributed by atoms with Crippen LogP contribution in [0.3, 0.4) is 0 Å². The van der Waals surface area contributed by atoms with Gasteiger partial charge in [0.1, 0.15) is 5.75 Å². The second-order valence-electron chi connectivity index (χ2n) is 5.11. The molecule has 1 aliphatic heterocycles. The summed E-state index contributed by atoms with van der Waals surface area (Å²) < 4.78 is 5.57. The molecule has 0 radical (unpaired) electrons. The van der Waals surface area contributed by atoms with Crippen molar-refractivity contribution in [3.63, 3.8) is 0 Å². The van der Waals surface area contributed by atoms with Crippen LogP contribution in [0.5, 0.6) is 5.75 Å². The minimum absolute atomic E-state index is 0.133. The Morgan fingerprint density at radius 3 is 2.72 bits per heavy atom. The number of benzene rings is 2. The van der Waals surface area contributed by atoms with Gasteiger partial charge in [0, 0.05) is 6.07 Å². The zero-order chi connectivity index (χ0) is 18.0. The molecule has 0 atom stereocenters. The van der Waals surface area contributed by atoms with Crippen molar-refractivity contribution in [3.8, 4) is 5.75 Å². The van der Waals surface area contributed by atoms with E-state index in [1.165, 1.54) is 11.0 Å². The van der Waals surface area contributed by atoms with E-state index in [0.29, 0.717) is 26.2 Å². The normalized spacial score (nSPS) is 15.7. The van der Waals surface area contributed by atoms with Crippen LogP contribution in [0, 0.1) is 0 Å². The minimum atomic E-state index is -1.05. The summed E-state index contributed by atoms with van der Waals surface area (Å²) in [5.74, 6) is -0.717. The Balaban J connectivity index is 1.98. The summed E-state index contributed by atoms with van der Waals surface area (Å²) in [6.45, 7) is 0. The van der Waals surface area contributed by atoms with E-state index in [1.54, 1.807) is 55.7 Å². The molecule has 2 aromatic rings. The number of methoxy groups -OCH3 is 1. The standard InChI is InChI=1S/C18H13NO4S2/c1-23-13-7-4-6-12(10-13)19-16(20)15(25-18(19)24)9-11-5-2-3-8-14(11)17(21)22/h2-10H,1H3,(H,21,22)/b15-9+. The van der Waals surface area contributed by atoms with Crippen LogP contribution in [0.1, 0.15) is 15.9 Å². The van der Waals surface area contributed by atoms with Gasteiger partial charge >= 0.3 is 5.97 Å². The molecule has 5 nitrogen and oxygen atoms in total. The van der Waals surface area contributed by atoms with Gasteiger partial charge in [0.2, 0.25) is 0 Å². The van der Waals surface area contributed by atoms with Crippen molar-refractivity contribution < 1.29 is 19.4 Å². The fourth-order valence-electron chi connectivity index (χ4n) is 2.40. The first kappa shape index (κ1) is 17.2. The number of hydrogen-bond acceptors (Lipinski definition) is 5. The summed E-state index contributed by atoms with van der Waals surface area (Å²) >= 11 is 6.47. The number of carboxylic acid groups (broad SMARTS) is 1. The topological polar surface area (TPSA) is 66.8 Å². The van der Waals surface area contributed by atoms with Gasteiger partial charge in [-0.05, 0) is 29.8 Å². The second-order valence-corrected chi connectivity index (χ2v) is 6.79. The lowest BCUT2D eigenvalue weighted by Gasteiger charge is -2.15. The highest BCUT2D eigenvalue weighted by Crippen LogP contribution is 2.37. The van der Waals surface area contributed by atoms with Gasteiger partial charge in [-0.3, -0.25) is 9.69 Å². The molecule has 1 N–H and O–H groups in total. The molecule has 0 bridgehead atoms. The molecule has 25 heavy (non-hydrogen) atoms. The number of anilines is 1. The van der Waals surface area contributed by atoms with Crippen molar-refractivity contribution in [2.45, 2.75) is 0 Å². The summed E-state index contributed by atoms with van der Waals surface area (Å²) in [5, 5.41) is 9.27. The molecule has 7 heteroatoms. The van der Waals surface area contributed by atoms with E-state index in [4.69, 9.17) is 17.0 Å². The summed E-state index contributed by atoms with van der Waals surface area (Å²) in [7, 11) is 1.55. The van der Waals surface area contributed by atoms with Crippen molar-refractivity contribution in [3.05, 3.63) is 64.6 Å². The molecule has 1 fully saturated rings. The first-order valence-corrected chi connectivity index (χ1v) is 8.48. The fourth-order valence-corrected chi connectivity index (χ4v) is 3.69. The van der Waals surface area contributed by atoms with Gasteiger partial charge in [-0.1, -0.05) is 48.2 Å². The minimum Gasteiger partial charge on any atom is -0.497 e. The lowest BCUT2D eigenvalue weighted by molar-refractivity contribution is -0.113. The van der Waals surface area contributed by atoms with Crippen molar-refractivity contribution in [2.75, 3.05) is 12.0 Å². The molecular formula is C18H13NO4S2. The average Bonchev–Trinajstić information content (AvgIpc) is 2.89. The monoisotopic (exact) mass is 371 g/mol. The van der Waals surface area contributed by atoms with Gasteiger partial charge in [0.25, 0.3) is 5.91 Å². The molecule has 2 aromatic carbocycles. The van der Waals surface area contributed by atoms with Crippen LogP contribution in [0.15, 0.2) is 53.4 Å². The number of aromatic carboxylic acids is 1. The molecule has 0 aromatic heterocycles. The number of nitrogens with zero attached hydrogens (tertiary/aromatic N) is 1. The molecule has 0 spiro atoms. The number of carboxylic acids is 1. The third-order valence-electron chi connectivity index (χ3n) is 3.58. The quantitative estimate of drug-likeness (QED) is 0.651. The SMILES string of the molecule is COc1cccc(N2C(=O)/C(=C\c3ccccc3C(=O)O)SC2=S)c1. The maximum Gasteiger partial charge on any atom is 0.336 e. The fraction of sp³-hybridized carbons (Fsp3) is 0.0556. The molecule has 1 aliphatic rings. The van der Waals surface area contributed by atoms with Gasteiger partial charge in [-0.25, -0.2) is 4.79 Å². The third kappa shape index (κ3) is 3.42. The summed E-state index contributed by atoms with van der Waals surface area (Å²) in [4.78, 5) is 25.9. The van der Waals surface area contributed by atoms with E-state index in [2.05, 4.69) is 0 Å². The number of thiocarbonyl (C=S) groups is 1. The maximum atomic E-state index is 12.8. The molecule has 1 amide bonds. The zero-order valence-electron chi connectivity index (χ0n) is 13.1. The molecule has 0 saturated carbocycles. The van der Waals surface area contributed by atoms with Crippen LogP contribution in [-0.4, -0.2) is 28.4 Å². The van der Waals surface area contributed by atoms with Gasteiger partial charge < -0.3 is 9.84 Å². The maximum absolute atomic E-state index is 12.8. The number of ether oxygens (including phenoxy) is 1. The number of carbonyl (C=O) groups is 2. The summed E-state index contributed by atoms with van der Waals surface area (Å²) in [6.07, 6.45) is 1.56. The molecule has 1 heterocycles. The molecule has 1 saturated heterocycles. The van der Waals surface area contributed by atoms with Crippen molar-refractivity contribution in [1.29, 1.82) is 0 Å². The third-order valence-corrected chi connectivity index (χ3v) is 4.89. The molecule has 0 unspecified atom stereocenters. The second kappa shape index (κ2) is 7.08. The van der Waals surface area contributed by atoms with Gasteiger partial charge in [0.15, 0.2) is 4.32 Å². The summed E-state index contributed by atoms with van der Waals surface area (Å²) in [6, 6.07) is 13.6. The zero-order valence-corrected chi connectivity index (χ0v) is 14.8. The lowest BCUT2D eigenvalue weighted by atomic mass is 10.1. The summed E-state index contributed by atoms with van der Waals surface area (Å²) in [5.41, 5.74) is 1.20. The Morgan fingerprint density at radius 1 is 1.24 bits per heavy atom. The van der Waals surface area contributed by atoms with Crippen molar-refractivity contribution in [2.24, 2.45) is 0 Å². The molecule has 126 valence electrons. The predicted octanol–water partition coefficient (Wildman–Crippen LogP) is 3.80. The Morgan fingerprint density at radius 2 is 2.00 bits per heavy atom. The van der Waals surface area contributed by atoms with Crippen LogP contribution >= 0.6 is 24.0 Å². The van der Waals surface area contributed by atoms with E-state index in [9.17, 15) is 14.7 Å². The van der Waals surface area contributed by atoms with Crippen LogP contribution < -0.4 is 9.64 Å². The van der Waals surface area contributed by atoms with Gasteiger partial charge in [-0.15, -0.1) is 0 Å². The number of carbonyl (C=O) groups excluding carboxylic acids is 1. The molecule has 0 aliphatic carbocycles. The highest BCUT2D eigenvalue weighted by atomic mass is 32.2. The lowest BCUT2D eigenvalue weighted by Crippen LogP contribution is -2.27. The Kier molecular flexibility index (Phi) is 4.87. The van der Waals surface area contributed by atoms with Gasteiger partial charge in [0.05, 0.1) is 23.3 Å². The molecule has 3 rings (SSSR count). The first-order chi connectivity index (χ1) is 12.0. The average molecular weight is 371 g/mol. The van der Waals surface area contributed by atoms with Crippen LogP contribution in [0.25, 0.3) is 6.08 Å². The Bertz CT molecular complexity index is 907. The number of hydrogen-bond donors (Lipinski definition) is 1. The molecular weight excluding hydrogens is 358 g/mol. The predicted molar refractivity (Wildman–Crippen MR) is 102 cm³/mol. The highest BCUT2D eigenvalue weighted by Gasteiger charge is 2.33. The highest BCUT2D eigenvalue weighted by molar-refractivity contribution is 8.27. The van der Waals surface area contributed by atoms with E-state index in [0.717, 1.165) is 11.8 Å². The van der Waals surface area contributed by atoms with Crippen molar-refractivity contribution in [1.82, 2.24) is 0 Å². The van der Waals surface area contributed by atoms with Crippen LogP contribution in [0.4, 0.5) is 5.69 Å². The van der Waals surface area contributed by atoms with E-state index < -0.39 is 5.97 Å². The largest absolute Gasteiger partial charge is 0.497 e. The van der Waals surface area contributed by atoms with Crippen molar-refractivity contribution >= 4 is 51.9 Å². The van der Waals surface area contributed by atoms with E-state index >= 15 is 0 Å². The smallest absolute Gasteiger partial charge is 0.336 e. The van der Waals surface area contributed by atoms with Gasteiger partial charge in [-0.2, -0.15) is 0 Å². The first-order valence-electron chi connectivity index (χ1n) is 7.25. The van der Waals surface area contributed by atoms with Crippen LogP contribution in [0.2, 0.25) is 0 Å². The van der Waals surface area contributed by atoms with E-state index in [-0.39, 0.29) is 11.5 Å². The Hall–Kier alpha value is -2.64. The van der Waals surface area contributed by atoms with Crippen LogP contribution in [-0.2, 0) is 4.79 Å². The van der Waals surface area contributed by atoms with E-state index in [1.807, 2.05) is 0 Å². The number of amides is 1. The Labute approximate surface area is 153 Å². The number of rotatable bonds is 4.